The van der Waals surface area contributed by atoms with Gasteiger partial charge < -0.3 is 10.6 Å². The van der Waals surface area contributed by atoms with E-state index in [4.69, 9.17) is 0 Å². The molecule has 0 aromatic heterocycles. The molecule has 0 aliphatic carbocycles. The Morgan fingerprint density at radius 3 is 2.60 bits per heavy atom. The van der Waals surface area contributed by atoms with Gasteiger partial charge in [0.05, 0.1) is 0 Å². The molecule has 2 unspecified atom stereocenters. The molecule has 0 amide bonds. The SMILES string of the molecule is CN=C(NCCS(=O)C(C)(C)C)NCC1(C)CCCS1. The Kier molecular flexibility index (Phi) is 6.85. The molecule has 118 valence electrons. The van der Waals surface area contributed by atoms with Crippen LogP contribution in [-0.2, 0) is 10.8 Å². The van der Waals surface area contributed by atoms with E-state index < -0.39 is 10.8 Å². The van der Waals surface area contributed by atoms with Crippen LogP contribution in [0.25, 0.3) is 0 Å². The Hall–Kier alpha value is -0.230. The average molecular weight is 320 g/mol. The van der Waals surface area contributed by atoms with E-state index in [1.54, 1.807) is 7.05 Å². The lowest BCUT2D eigenvalue weighted by molar-refractivity contribution is 0.585. The van der Waals surface area contributed by atoms with Crippen LogP contribution in [0.1, 0.15) is 40.5 Å². The van der Waals surface area contributed by atoms with Crippen LogP contribution < -0.4 is 10.6 Å². The van der Waals surface area contributed by atoms with Gasteiger partial charge in [0.1, 0.15) is 0 Å². The van der Waals surface area contributed by atoms with E-state index in [9.17, 15) is 4.21 Å². The fourth-order valence-corrected chi connectivity index (χ4v) is 4.18. The maximum atomic E-state index is 12.0. The van der Waals surface area contributed by atoms with Crippen LogP contribution in [0, 0.1) is 0 Å². The van der Waals surface area contributed by atoms with Crippen molar-refractivity contribution in [2.45, 2.75) is 50.0 Å². The van der Waals surface area contributed by atoms with Crippen LogP contribution in [-0.4, -0.2) is 51.3 Å². The number of guanidine groups is 1. The number of nitrogens with one attached hydrogen (secondary N) is 2. The van der Waals surface area contributed by atoms with E-state index in [1.807, 2.05) is 32.5 Å². The summed E-state index contributed by atoms with van der Waals surface area (Å²) in [5.41, 5.74) is 0. The summed E-state index contributed by atoms with van der Waals surface area (Å²) in [6.45, 7) is 9.95. The van der Waals surface area contributed by atoms with E-state index >= 15 is 0 Å². The fourth-order valence-electron chi connectivity index (χ4n) is 2.04. The zero-order chi connectivity index (χ0) is 15.2. The van der Waals surface area contributed by atoms with Gasteiger partial charge >= 0.3 is 0 Å². The molecule has 1 heterocycles. The van der Waals surface area contributed by atoms with Crippen LogP contribution in [0.3, 0.4) is 0 Å². The first-order chi connectivity index (χ1) is 9.27. The summed E-state index contributed by atoms with van der Waals surface area (Å²) >= 11 is 2.04. The first-order valence-electron chi connectivity index (χ1n) is 7.24. The number of nitrogens with zero attached hydrogens (tertiary/aromatic N) is 1. The molecule has 1 aliphatic heterocycles. The van der Waals surface area contributed by atoms with Crippen molar-refractivity contribution in [1.82, 2.24) is 10.6 Å². The highest BCUT2D eigenvalue weighted by molar-refractivity contribution is 8.00. The van der Waals surface area contributed by atoms with Crippen LogP contribution in [0.5, 0.6) is 0 Å². The molecular weight excluding hydrogens is 290 g/mol. The molecule has 0 aromatic rings. The molecular formula is C14H29N3OS2. The molecule has 1 fully saturated rings. The first-order valence-corrected chi connectivity index (χ1v) is 9.54. The second-order valence-electron chi connectivity index (χ2n) is 6.42. The van der Waals surface area contributed by atoms with Gasteiger partial charge in [-0.3, -0.25) is 9.20 Å². The summed E-state index contributed by atoms with van der Waals surface area (Å²) in [6.07, 6.45) is 2.56. The molecule has 1 rings (SSSR count). The Labute approximate surface area is 130 Å². The van der Waals surface area contributed by atoms with E-state index in [0.29, 0.717) is 17.0 Å². The number of hydrogen-bond donors (Lipinski definition) is 2. The lowest BCUT2D eigenvalue weighted by Gasteiger charge is -2.24. The lowest BCUT2D eigenvalue weighted by Crippen LogP contribution is -2.45. The van der Waals surface area contributed by atoms with Crippen LogP contribution >= 0.6 is 11.8 Å². The molecule has 4 nitrogen and oxygen atoms in total. The summed E-state index contributed by atoms with van der Waals surface area (Å²) in [6, 6.07) is 0. The molecule has 2 atom stereocenters. The van der Waals surface area contributed by atoms with Crippen molar-refractivity contribution in [3.63, 3.8) is 0 Å². The molecule has 2 N–H and O–H groups in total. The Balaban J connectivity index is 2.28. The van der Waals surface area contributed by atoms with Gasteiger partial charge in [-0.1, -0.05) is 0 Å². The van der Waals surface area contributed by atoms with Gasteiger partial charge in [-0.15, -0.1) is 0 Å². The van der Waals surface area contributed by atoms with Gasteiger partial charge in [0, 0.05) is 46.2 Å². The summed E-state index contributed by atoms with van der Waals surface area (Å²) < 4.78 is 12.1. The van der Waals surface area contributed by atoms with Crippen molar-refractivity contribution in [3.8, 4) is 0 Å². The normalized spacial score (nSPS) is 25.6. The summed E-state index contributed by atoms with van der Waals surface area (Å²) in [7, 11) is 0.959. The third kappa shape index (κ3) is 6.04. The Morgan fingerprint density at radius 2 is 2.10 bits per heavy atom. The summed E-state index contributed by atoms with van der Waals surface area (Å²) in [5.74, 6) is 2.72. The minimum atomic E-state index is -0.819. The molecule has 20 heavy (non-hydrogen) atoms. The first kappa shape index (κ1) is 17.8. The van der Waals surface area contributed by atoms with Gasteiger partial charge in [-0.2, -0.15) is 11.8 Å². The number of rotatable bonds is 5. The molecule has 0 aromatic carbocycles. The highest BCUT2D eigenvalue weighted by Crippen LogP contribution is 2.36. The number of hydrogen-bond acceptors (Lipinski definition) is 3. The smallest absolute Gasteiger partial charge is 0.191 e. The zero-order valence-electron chi connectivity index (χ0n) is 13.4. The van der Waals surface area contributed by atoms with Crippen molar-refractivity contribution < 1.29 is 4.21 Å². The monoisotopic (exact) mass is 319 g/mol. The maximum absolute atomic E-state index is 12.0. The van der Waals surface area contributed by atoms with Crippen molar-refractivity contribution in [2.24, 2.45) is 4.99 Å². The van der Waals surface area contributed by atoms with Gasteiger partial charge in [0.25, 0.3) is 0 Å². The van der Waals surface area contributed by atoms with Gasteiger partial charge in [0.15, 0.2) is 5.96 Å². The highest BCUT2D eigenvalue weighted by Gasteiger charge is 2.29. The third-order valence-corrected chi connectivity index (χ3v) is 6.90. The molecule has 1 saturated heterocycles. The third-order valence-electron chi connectivity index (χ3n) is 3.42. The minimum absolute atomic E-state index is 0.146. The Morgan fingerprint density at radius 1 is 1.40 bits per heavy atom. The van der Waals surface area contributed by atoms with Gasteiger partial charge in [-0.25, -0.2) is 0 Å². The topological polar surface area (TPSA) is 53.5 Å². The molecule has 0 saturated carbocycles. The van der Waals surface area contributed by atoms with Crippen molar-refractivity contribution >= 4 is 28.5 Å². The van der Waals surface area contributed by atoms with E-state index in [0.717, 1.165) is 12.5 Å². The van der Waals surface area contributed by atoms with Crippen LogP contribution in [0.4, 0.5) is 0 Å². The summed E-state index contributed by atoms with van der Waals surface area (Å²) in [4.78, 5) is 4.23. The van der Waals surface area contributed by atoms with Crippen molar-refractivity contribution in [2.75, 3.05) is 31.6 Å². The number of thioether (sulfide) groups is 1. The second kappa shape index (κ2) is 7.69. The quantitative estimate of drug-likeness (QED) is 0.601. The molecule has 6 heteroatoms. The second-order valence-corrected chi connectivity index (χ2v) is 10.4. The largest absolute Gasteiger partial charge is 0.355 e. The average Bonchev–Trinajstić information content (AvgIpc) is 2.79. The standard InChI is InChI=1S/C14H29N3OS2/c1-13(2,3)20(18)10-8-16-12(15-5)17-11-14(4)7-6-9-19-14/h6-11H2,1-5H3,(H2,15,16,17). The minimum Gasteiger partial charge on any atom is -0.355 e. The van der Waals surface area contributed by atoms with Crippen LogP contribution in [0.15, 0.2) is 4.99 Å². The van der Waals surface area contributed by atoms with E-state index in [1.165, 1.54) is 18.6 Å². The van der Waals surface area contributed by atoms with Gasteiger partial charge in [-0.05, 0) is 46.3 Å². The van der Waals surface area contributed by atoms with Crippen molar-refractivity contribution in [3.05, 3.63) is 0 Å². The fraction of sp³-hybridized carbons (Fsp3) is 0.929. The van der Waals surface area contributed by atoms with Crippen molar-refractivity contribution in [1.29, 1.82) is 0 Å². The highest BCUT2D eigenvalue weighted by atomic mass is 32.2. The molecule has 0 bridgehead atoms. The maximum Gasteiger partial charge on any atom is 0.191 e. The Bertz CT molecular complexity index is 358. The predicted molar refractivity (Wildman–Crippen MR) is 92.2 cm³/mol. The zero-order valence-corrected chi connectivity index (χ0v) is 15.0. The molecule has 1 aliphatic rings. The van der Waals surface area contributed by atoms with Crippen LogP contribution in [0.2, 0.25) is 0 Å². The van der Waals surface area contributed by atoms with E-state index in [2.05, 4.69) is 22.5 Å². The van der Waals surface area contributed by atoms with Gasteiger partial charge in [0.2, 0.25) is 0 Å². The molecule has 0 spiro atoms. The van der Waals surface area contributed by atoms with E-state index in [-0.39, 0.29) is 4.75 Å². The lowest BCUT2D eigenvalue weighted by atomic mass is 10.1. The predicted octanol–water partition coefficient (Wildman–Crippen LogP) is 1.98. The number of aliphatic imine (C=N–C) groups is 1. The molecule has 0 radical (unpaired) electrons. The summed E-state index contributed by atoms with van der Waals surface area (Å²) in [5, 5.41) is 6.63.